The van der Waals surface area contributed by atoms with Crippen LogP contribution in [0.25, 0.3) is 11.0 Å². The number of hydrogen-bond acceptors (Lipinski definition) is 5. The number of hydrogen-bond donors (Lipinski definition) is 1. The molecule has 2 amide bonds. The van der Waals surface area contributed by atoms with Crippen molar-refractivity contribution in [2.24, 2.45) is 0 Å². The Balaban J connectivity index is 1.59. The first-order valence-electron chi connectivity index (χ1n) is 9.87. The van der Waals surface area contributed by atoms with E-state index >= 15 is 0 Å². The Bertz CT molecular complexity index is 971. The fraction of sp³-hybridized carbons (Fsp3) is 0.476. The zero-order valence-corrected chi connectivity index (χ0v) is 17.4. The van der Waals surface area contributed by atoms with Crippen LogP contribution in [0.1, 0.15) is 38.7 Å². The molecule has 1 N–H and O–H groups in total. The second kappa shape index (κ2) is 9.31. The average molecular weight is 421 g/mol. The molecule has 1 unspecified atom stereocenters. The number of likely N-dealkylation sites (tertiary alicyclic amines) is 1. The van der Waals surface area contributed by atoms with Crippen LogP contribution in [0.3, 0.4) is 0 Å². The Morgan fingerprint density at radius 2 is 2.14 bits per heavy atom. The van der Waals surface area contributed by atoms with E-state index in [0.29, 0.717) is 43.0 Å². The topological polar surface area (TPSA) is 88.8 Å². The smallest absolute Gasteiger partial charge is 0.336 e. The molecule has 1 fully saturated rings. The van der Waals surface area contributed by atoms with Gasteiger partial charge < -0.3 is 19.4 Å². The Morgan fingerprint density at radius 1 is 1.34 bits per heavy atom. The molecular formula is C21H25ClN2O5. The molecule has 7 nitrogen and oxygen atoms in total. The standard InChI is InChI=1S/C21H25ClN2O5/c1-3-14-10-20(26)29-17-12-18(16(22)11-15(14)17)28-13(2)21(27)23-7-5-9-24-8-4-6-19(24)25/h10-13H,3-9H2,1-2H3,(H,23,27). The minimum atomic E-state index is -0.778. The third-order valence-corrected chi connectivity index (χ3v) is 5.31. The largest absolute Gasteiger partial charge is 0.479 e. The van der Waals surface area contributed by atoms with Gasteiger partial charge in [0.2, 0.25) is 5.91 Å². The van der Waals surface area contributed by atoms with Crippen LogP contribution in [0.5, 0.6) is 5.75 Å². The van der Waals surface area contributed by atoms with E-state index in [0.717, 1.165) is 23.9 Å². The van der Waals surface area contributed by atoms with Gasteiger partial charge in [0, 0.05) is 43.6 Å². The maximum absolute atomic E-state index is 12.3. The van der Waals surface area contributed by atoms with Gasteiger partial charge in [0.1, 0.15) is 11.3 Å². The molecular weight excluding hydrogens is 396 g/mol. The van der Waals surface area contributed by atoms with Crippen molar-refractivity contribution in [1.29, 1.82) is 0 Å². The summed E-state index contributed by atoms with van der Waals surface area (Å²) in [6.45, 7) is 5.46. The van der Waals surface area contributed by atoms with Gasteiger partial charge in [-0.2, -0.15) is 0 Å². The molecule has 2 heterocycles. The van der Waals surface area contributed by atoms with Crippen LogP contribution >= 0.6 is 11.6 Å². The molecule has 0 bridgehead atoms. The third kappa shape index (κ3) is 5.09. The van der Waals surface area contributed by atoms with Crippen molar-refractivity contribution in [2.75, 3.05) is 19.6 Å². The zero-order chi connectivity index (χ0) is 21.0. The van der Waals surface area contributed by atoms with E-state index in [1.165, 1.54) is 6.07 Å². The molecule has 1 atom stereocenters. The van der Waals surface area contributed by atoms with Gasteiger partial charge in [0.25, 0.3) is 5.91 Å². The zero-order valence-electron chi connectivity index (χ0n) is 16.6. The van der Waals surface area contributed by atoms with Crippen molar-refractivity contribution in [3.05, 3.63) is 39.2 Å². The molecule has 1 saturated heterocycles. The first-order valence-corrected chi connectivity index (χ1v) is 10.2. The summed E-state index contributed by atoms with van der Waals surface area (Å²) in [5, 5.41) is 3.90. The fourth-order valence-electron chi connectivity index (χ4n) is 3.42. The molecule has 1 aliphatic rings. The second-order valence-corrected chi connectivity index (χ2v) is 7.52. The second-order valence-electron chi connectivity index (χ2n) is 7.11. The number of halogens is 1. The lowest BCUT2D eigenvalue weighted by molar-refractivity contribution is -0.127. The van der Waals surface area contributed by atoms with Gasteiger partial charge in [-0.3, -0.25) is 9.59 Å². The lowest BCUT2D eigenvalue weighted by Crippen LogP contribution is -2.38. The first-order chi connectivity index (χ1) is 13.9. The number of fused-ring (bicyclic) bond motifs is 1. The van der Waals surface area contributed by atoms with Crippen LogP contribution in [0.15, 0.2) is 27.4 Å². The van der Waals surface area contributed by atoms with Gasteiger partial charge in [-0.15, -0.1) is 0 Å². The highest BCUT2D eigenvalue weighted by atomic mass is 35.5. The van der Waals surface area contributed by atoms with Crippen LogP contribution in [-0.4, -0.2) is 42.5 Å². The fourth-order valence-corrected chi connectivity index (χ4v) is 3.63. The van der Waals surface area contributed by atoms with Crippen LogP contribution in [0.2, 0.25) is 5.02 Å². The lowest BCUT2D eigenvalue weighted by Gasteiger charge is -2.18. The third-order valence-electron chi connectivity index (χ3n) is 5.01. The summed E-state index contributed by atoms with van der Waals surface area (Å²) in [6, 6.07) is 4.68. The molecule has 0 spiro atoms. The van der Waals surface area contributed by atoms with Gasteiger partial charge in [0.15, 0.2) is 6.10 Å². The monoisotopic (exact) mass is 420 g/mol. The molecule has 29 heavy (non-hydrogen) atoms. The number of nitrogens with one attached hydrogen (secondary N) is 1. The number of carbonyl (C=O) groups is 2. The normalized spacial score (nSPS) is 15.0. The molecule has 3 rings (SSSR count). The molecule has 0 radical (unpaired) electrons. The van der Waals surface area contributed by atoms with Crippen molar-refractivity contribution < 1.29 is 18.7 Å². The summed E-state index contributed by atoms with van der Waals surface area (Å²) in [5.41, 5.74) is 0.772. The number of amides is 2. The first kappa shape index (κ1) is 21.2. The number of aryl methyl sites for hydroxylation is 1. The van der Waals surface area contributed by atoms with E-state index in [-0.39, 0.29) is 17.6 Å². The van der Waals surface area contributed by atoms with E-state index in [4.69, 9.17) is 20.8 Å². The van der Waals surface area contributed by atoms with Crippen molar-refractivity contribution >= 4 is 34.4 Å². The Hall–Kier alpha value is -2.54. The highest BCUT2D eigenvalue weighted by molar-refractivity contribution is 6.32. The minimum absolute atomic E-state index is 0.178. The summed E-state index contributed by atoms with van der Waals surface area (Å²) >= 11 is 6.32. The summed E-state index contributed by atoms with van der Waals surface area (Å²) in [4.78, 5) is 37.4. The maximum Gasteiger partial charge on any atom is 0.336 e. The number of carbonyl (C=O) groups excluding carboxylic acids is 2. The molecule has 8 heteroatoms. The molecule has 0 aliphatic carbocycles. The molecule has 156 valence electrons. The maximum atomic E-state index is 12.3. The quantitative estimate of drug-likeness (QED) is 0.524. The van der Waals surface area contributed by atoms with Crippen LogP contribution in [-0.2, 0) is 16.0 Å². The van der Waals surface area contributed by atoms with E-state index < -0.39 is 11.7 Å². The highest BCUT2D eigenvalue weighted by Gasteiger charge is 2.20. The van der Waals surface area contributed by atoms with Crippen molar-refractivity contribution in [2.45, 2.75) is 45.6 Å². The SMILES string of the molecule is CCc1cc(=O)oc2cc(OC(C)C(=O)NCCCN3CCCC3=O)c(Cl)cc12. The summed E-state index contributed by atoms with van der Waals surface area (Å²) < 4.78 is 11.0. The summed E-state index contributed by atoms with van der Waals surface area (Å²) in [6.07, 6.45) is 2.10. The predicted octanol–water partition coefficient (Wildman–Crippen LogP) is 2.90. The number of ether oxygens (including phenoxy) is 1. The number of rotatable bonds is 8. The molecule has 1 aromatic carbocycles. The van der Waals surface area contributed by atoms with Crippen molar-refractivity contribution in [3.8, 4) is 5.75 Å². The molecule has 1 aromatic heterocycles. The van der Waals surface area contributed by atoms with Gasteiger partial charge in [-0.05, 0) is 37.8 Å². The van der Waals surface area contributed by atoms with Gasteiger partial charge in [-0.1, -0.05) is 18.5 Å². The Morgan fingerprint density at radius 3 is 2.83 bits per heavy atom. The van der Waals surface area contributed by atoms with Crippen LogP contribution in [0, 0.1) is 0 Å². The molecule has 0 saturated carbocycles. The average Bonchev–Trinajstić information content (AvgIpc) is 3.10. The molecule has 2 aromatic rings. The van der Waals surface area contributed by atoms with Gasteiger partial charge >= 0.3 is 5.63 Å². The highest BCUT2D eigenvalue weighted by Crippen LogP contribution is 2.32. The van der Waals surface area contributed by atoms with E-state index in [2.05, 4.69) is 5.32 Å². The minimum Gasteiger partial charge on any atom is -0.479 e. The number of nitrogens with zero attached hydrogens (tertiary/aromatic N) is 1. The molecule has 1 aliphatic heterocycles. The van der Waals surface area contributed by atoms with E-state index in [1.54, 1.807) is 19.1 Å². The van der Waals surface area contributed by atoms with Crippen LogP contribution in [0.4, 0.5) is 0 Å². The summed E-state index contributed by atoms with van der Waals surface area (Å²) in [5.74, 6) is 0.176. The van der Waals surface area contributed by atoms with E-state index in [1.807, 2.05) is 11.8 Å². The van der Waals surface area contributed by atoms with Crippen LogP contribution < -0.4 is 15.7 Å². The number of benzene rings is 1. The van der Waals surface area contributed by atoms with E-state index in [9.17, 15) is 14.4 Å². The van der Waals surface area contributed by atoms with Gasteiger partial charge in [-0.25, -0.2) is 4.79 Å². The van der Waals surface area contributed by atoms with Gasteiger partial charge in [0.05, 0.1) is 5.02 Å². The Kier molecular flexibility index (Phi) is 6.79. The van der Waals surface area contributed by atoms with Crippen molar-refractivity contribution in [1.82, 2.24) is 10.2 Å². The van der Waals surface area contributed by atoms with Crippen molar-refractivity contribution in [3.63, 3.8) is 0 Å². The Labute approximate surface area is 174 Å². The lowest BCUT2D eigenvalue weighted by atomic mass is 10.1. The summed E-state index contributed by atoms with van der Waals surface area (Å²) in [7, 11) is 0. The predicted molar refractivity (Wildman–Crippen MR) is 110 cm³/mol.